The van der Waals surface area contributed by atoms with Crippen molar-refractivity contribution in [3.63, 3.8) is 0 Å². The molecule has 0 N–H and O–H groups in total. The van der Waals surface area contributed by atoms with Gasteiger partial charge in [-0.05, 0) is 25.0 Å². The molecule has 2 aliphatic rings. The van der Waals surface area contributed by atoms with Crippen LogP contribution in [-0.4, -0.2) is 53.8 Å². The molecular weight excluding hydrogens is 496 g/mol. The third kappa shape index (κ3) is 12.8. The summed E-state index contributed by atoms with van der Waals surface area (Å²) in [4.78, 5) is 21.8. The molecule has 1 saturated heterocycles. The third-order valence-electron chi connectivity index (χ3n) is 6.54. The fraction of sp³-hybridized carbons (Fsp3) is 0.741. The molecule has 2 heterocycles. The van der Waals surface area contributed by atoms with E-state index < -0.39 is 10.1 Å². The molecule has 0 aromatic heterocycles. The second-order valence-corrected chi connectivity index (χ2v) is 12.7. The average Bonchev–Trinajstić information content (AvgIpc) is 3.38. The van der Waals surface area contributed by atoms with Gasteiger partial charge in [0.2, 0.25) is 18.3 Å². The van der Waals surface area contributed by atoms with Gasteiger partial charge in [-0.25, -0.2) is 8.42 Å². The van der Waals surface area contributed by atoms with Crippen molar-refractivity contribution in [2.75, 3.05) is 26.0 Å². The lowest BCUT2D eigenvalue weighted by Crippen LogP contribution is -2.50. The standard InChI is InChI=1S/C26H43N2O2S.CH4O3S/c1-2-3-4-5-6-7-8-9-10-11-12-13-16-22-28(23-27-21-17-20-26(27)29)30-24-18-14-15-19-25(24)31-28;1-5(2,3)4/h14-15,18-19H,2-13,16-17,20-23H2,1H3;1H3,(H,2,3,4)/q+1;/p-1. The molecular formula is C27H46N2O5S2. The zero-order valence-electron chi connectivity index (χ0n) is 22.3. The van der Waals surface area contributed by atoms with Gasteiger partial charge in [-0.1, -0.05) is 93.7 Å². The Bertz CT molecular complexity index is 846. The fourth-order valence-electron chi connectivity index (χ4n) is 4.68. The number of unbranched alkanes of at least 4 members (excludes halogenated alkanes) is 12. The zero-order valence-corrected chi connectivity index (χ0v) is 23.9. The van der Waals surface area contributed by atoms with Crippen LogP contribution in [-0.2, 0) is 14.9 Å². The number of hydrogen-bond donors (Lipinski definition) is 0. The minimum atomic E-state index is -3.92. The van der Waals surface area contributed by atoms with E-state index in [0.29, 0.717) is 23.4 Å². The molecule has 9 heteroatoms. The number of quaternary nitrogens is 1. The van der Waals surface area contributed by atoms with Gasteiger partial charge in [0.05, 0.1) is 10.1 Å². The molecule has 1 fully saturated rings. The number of likely N-dealkylation sites (tertiary alicyclic amines) is 1. The predicted molar refractivity (Wildman–Crippen MR) is 145 cm³/mol. The number of hydrogen-bond acceptors (Lipinski definition) is 6. The first-order valence-corrected chi connectivity index (χ1v) is 16.4. The number of carbonyl (C=O) groups excluding carboxylic acids is 1. The molecule has 36 heavy (non-hydrogen) atoms. The predicted octanol–water partition coefficient (Wildman–Crippen LogP) is 6.65. The van der Waals surface area contributed by atoms with E-state index in [9.17, 15) is 4.79 Å². The highest BCUT2D eigenvalue weighted by Crippen LogP contribution is 2.46. The quantitative estimate of drug-likeness (QED) is 0.101. The van der Waals surface area contributed by atoms with Gasteiger partial charge in [-0.3, -0.25) is 14.5 Å². The number of benzene rings is 1. The summed E-state index contributed by atoms with van der Waals surface area (Å²) in [5.74, 6) is 1.25. The zero-order chi connectivity index (χ0) is 26.3. The molecule has 2 aliphatic heterocycles. The van der Waals surface area contributed by atoms with E-state index in [1.54, 1.807) is 11.9 Å². The van der Waals surface area contributed by atoms with Gasteiger partial charge in [0, 0.05) is 25.6 Å². The second-order valence-electron chi connectivity index (χ2n) is 10.0. The molecule has 1 atom stereocenters. The molecule has 0 radical (unpaired) electrons. The second kappa shape index (κ2) is 16.5. The summed E-state index contributed by atoms with van der Waals surface area (Å²) in [6.07, 6.45) is 20.0. The number of fused-ring (bicyclic) bond motifs is 1. The molecule has 0 spiro atoms. The van der Waals surface area contributed by atoms with Gasteiger partial charge in [0.15, 0.2) is 11.9 Å². The molecule has 206 valence electrons. The maximum absolute atomic E-state index is 12.2. The van der Waals surface area contributed by atoms with Crippen LogP contribution in [0.3, 0.4) is 0 Å². The normalized spacial score (nSPS) is 19.1. The largest absolute Gasteiger partial charge is 0.748 e. The Kier molecular flexibility index (Phi) is 14.2. The monoisotopic (exact) mass is 542 g/mol. The minimum Gasteiger partial charge on any atom is -0.748 e. The van der Waals surface area contributed by atoms with Gasteiger partial charge in [-0.2, -0.15) is 0 Å². The number of rotatable bonds is 16. The smallest absolute Gasteiger partial charge is 0.227 e. The van der Waals surface area contributed by atoms with Crippen LogP contribution in [0.25, 0.3) is 0 Å². The van der Waals surface area contributed by atoms with E-state index >= 15 is 0 Å². The van der Waals surface area contributed by atoms with Gasteiger partial charge in [0.1, 0.15) is 11.4 Å². The van der Waals surface area contributed by atoms with Crippen LogP contribution in [0.2, 0.25) is 0 Å². The molecule has 1 aromatic carbocycles. The van der Waals surface area contributed by atoms with Crippen molar-refractivity contribution in [2.24, 2.45) is 0 Å². The van der Waals surface area contributed by atoms with Gasteiger partial charge < -0.3 is 4.55 Å². The summed E-state index contributed by atoms with van der Waals surface area (Å²) in [5, 5.41) is 0. The highest BCUT2D eigenvalue weighted by Gasteiger charge is 2.44. The maximum Gasteiger partial charge on any atom is 0.227 e. The SMILES string of the molecule is CCCCCCCCCCCCCCC[N+]1(CN2CCCC2=O)Oc2ccccc2S1.CS(=O)(=O)[O-]. The fourth-order valence-corrected chi connectivity index (χ4v) is 5.91. The van der Waals surface area contributed by atoms with Gasteiger partial charge in [-0.15, -0.1) is 0 Å². The summed E-state index contributed by atoms with van der Waals surface area (Å²) in [5.41, 5.74) is 0. The lowest BCUT2D eigenvalue weighted by molar-refractivity contribution is -0.969. The van der Waals surface area contributed by atoms with Crippen molar-refractivity contribution in [3.8, 4) is 5.75 Å². The summed E-state index contributed by atoms with van der Waals surface area (Å²) in [6.45, 7) is 4.78. The van der Waals surface area contributed by atoms with E-state index in [2.05, 4.69) is 25.1 Å². The van der Waals surface area contributed by atoms with E-state index in [0.717, 1.165) is 31.7 Å². The van der Waals surface area contributed by atoms with E-state index in [1.807, 2.05) is 11.0 Å². The van der Waals surface area contributed by atoms with Crippen LogP contribution >= 0.6 is 11.9 Å². The summed E-state index contributed by atoms with van der Waals surface area (Å²) in [6, 6.07) is 8.29. The van der Waals surface area contributed by atoms with Crippen LogP contribution in [0.1, 0.15) is 103 Å². The summed E-state index contributed by atoms with van der Waals surface area (Å²) < 4.78 is 27.7. The van der Waals surface area contributed by atoms with E-state index in [4.69, 9.17) is 17.8 Å². The van der Waals surface area contributed by atoms with E-state index in [-0.39, 0.29) is 5.91 Å². The summed E-state index contributed by atoms with van der Waals surface area (Å²) >= 11 is 1.78. The van der Waals surface area contributed by atoms with E-state index in [1.165, 1.54) is 81.9 Å². The topological polar surface area (TPSA) is 86.7 Å². The molecule has 0 bridgehead atoms. The maximum atomic E-state index is 12.2. The molecule has 3 rings (SSSR count). The number of nitrogens with zero attached hydrogens (tertiary/aromatic N) is 2. The Balaban J connectivity index is 0.000000830. The number of amides is 1. The van der Waals surface area contributed by atoms with Crippen molar-refractivity contribution in [1.29, 1.82) is 0 Å². The first-order chi connectivity index (χ1) is 17.2. The summed E-state index contributed by atoms with van der Waals surface area (Å²) in [7, 11) is -3.92. The number of hydroxylamine groups is 2. The van der Waals surface area contributed by atoms with Crippen LogP contribution in [0.15, 0.2) is 29.2 Å². The van der Waals surface area contributed by atoms with Crippen LogP contribution in [0.4, 0.5) is 0 Å². The van der Waals surface area contributed by atoms with Gasteiger partial charge in [0.25, 0.3) is 0 Å². The van der Waals surface area contributed by atoms with Crippen molar-refractivity contribution in [2.45, 2.75) is 108 Å². The van der Waals surface area contributed by atoms with Crippen LogP contribution in [0, 0.1) is 0 Å². The van der Waals surface area contributed by atoms with Crippen molar-refractivity contribution >= 4 is 28.0 Å². The van der Waals surface area contributed by atoms with Crippen LogP contribution in [0.5, 0.6) is 5.75 Å². The third-order valence-corrected chi connectivity index (χ3v) is 7.78. The lowest BCUT2D eigenvalue weighted by Gasteiger charge is -2.31. The van der Waals surface area contributed by atoms with Gasteiger partial charge >= 0.3 is 0 Å². The molecule has 0 aliphatic carbocycles. The Morgan fingerprint density at radius 1 is 0.944 bits per heavy atom. The minimum absolute atomic E-state index is 0.281. The molecule has 7 nitrogen and oxygen atoms in total. The van der Waals surface area contributed by atoms with Crippen molar-refractivity contribution in [1.82, 2.24) is 4.90 Å². The molecule has 1 amide bonds. The Morgan fingerprint density at radius 3 is 1.97 bits per heavy atom. The van der Waals surface area contributed by atoms with Crippen molar-refractivity contribution in [3.05, 3.63) is 24.3 Å². The molecule has 1 unspecified atom stereocenters. The van der Waals surface area contributed by atoms with Crippen LogP contribution < -0.4 is 4.84 Å². The first-order valence-electron chi connectivity index (χ1n) is 13.8. The Morgan fingerprint density at radius 2 is 1.47 bits per heavy atom. The Labute approximate surface area is 223 Å². The average molecular weight is 543 g/mol. The number of carbonyl (C=O) groups is 1. The first kappa shape index (κ1) is 30.9. The highest BCUT2D eigenvalue weighted by atomic mass is 32.2. The highest BCUT2D eigenvalue weighted by molar-refractivity contribution is 7.94. The Hall–Kier alpha value is -1.29. The molecule has 1 aromatic rings. The van der Waals surface area contributed by atoms with Crippen molar-refractivity contribution < 1.29 is 26.7 Å². The lowest BCUT2D eigenvalue weighted by atomic mass is 10.0. The molecule has 0 saturated carbocycles. The number of para-hydroxylation sites is 1.